The maximum atomic E-state index is 13.2. The zero-order valence-electron chi connectivity index (χ0n) is 14.2. The van der Waals surface area contributed by atoms with Crippen molar-refractivity contribution in [2.24, 2.45) is 0 Å². The molecule has 0 N–H and O–H groups in total. The van der Waals surface area contributed by atoms with Gasteiger partial charge >= 0.3 is 0 Å². The molecule has 5 heteroatoms. The molecule has 0 atom stereocenters. The van der Waals surface area contributed by atoms with Gasteiger partial charge in [0.25, 0.3) is 5.91 Å². The number of benzene rings is 1. The molecule has 4 rings (SSSR count). The average molecular weight is 364 g/mol. The second-order valence-electron chi connectivity index (χ2n) is 6.42. The maximum Gasteiger partial charge on any atom is 0.258 e. The monoisotopic (exact) mass is 363 g/mol. The lowest BCUT2D eigenvalue weighted by molar-refractivity contribution is 0.0985. The molecule has 0 spiro atoms. The highest BCUT2D eigenvalue weighted by Gasteiger charge is 2.34. The smallest absolute Gasteiger partial charge is 0.258 e. The molecular formula is C21H18ClN3O. The maximum absolute atomic E-state index is 13.2. The SMILES string of the molecule is C=CC(=C)c1cnn2ccc(C(=O)N(c3ccc(Cl)cc3)C3CC3)cc12. The molecule has 4 nitrogen and oxygen atoms in total. The van der Waals surface area contributed by atoms with Crippen LogP contribution in [0.25, 0.3) is 11.1 Å². The van der Waals surface area contributed by atoms with Gasteiger partial charge in [-0.25, -0.2) is 4.52 Å². The van der Waals surface area contributed by atoms with Crippen molar-refractivity contribution in [2.45, 2.75) is 18.9 Å². The van der Waals surface area contributed by atoms with Gasteiger partial charge in [-0.15, -0.1) is 0 Å². The van der Waals surface area contributed by atoms with Gasteiger partial charge in [0, 0.05) is 34.1 Å². The second kappa shape index (κ2) is 6.46. The summed E-state index contributed by atoms with van der Waals surface area (Å²) in [6, 6.07) is 11.3. The Balaban J connectivity index is 1.75. The van der Waals surface area contributed by atoms with Gasteiger partial charge in [0.05, 0.1) is 11.7 Å². The van der Waals surface area contributed by atoms with Gasteiger partial charge < -0.3 is 4.90 Å². The first-order chi connectivity index (χ1) is 12.6. The number of anilines is 1. The Bertz CT molecular complexity index is 1020. The Morgan fingerprint density at radius 1 is 1.27 bits per heavy atom. The summed E-state index contributed by atoms with van der Waals surface area (Å²) in [4.78, 5) is 15.1. The fourth-order valence-electron chi connectivity index (χ4n) is 3.04. The van der Waals surface area contributed by atoms with Gasteiger partial charge in [0.15, 0.2) is 0 Å². The van der Waals surface area contributed by atoms with Crippen molar-refractivity contribution in [3.8, 4) is 0 Å². The first-order valence-electron chi connectivity index (χ1n) is 8.46. The second-order valence-corrected chi connectivity index (χ2v) is 6.85. The van der Waals surface area contributed by atoms with E-state index in [0.717, 1.165) is 35.2 Å². The van der Waals surface area contributed by atoms with Crippen LogP contribution in [-0.4, -0.2) is 21.6 Å². The van der Waals surface area contributed by atoms with Crippen molar-refractivity contribution in [3.63, 3.8) is 0 Å². The van der Waals surface area contributed by atoms with Gasteiger partial charge in [0.1, 0.15) is 0 Å². The highest BCUT2D eigenvalue weighted by atomic mass is 35.5. The highest BCUT2D eigenvalue weighted by Crippen LogP contribution is 2.34. The van der Waals surface area contributed by atoms with Crippen molar-refractivity contribution < 1.29 is 4.79 Å². The number of halogens is 1. The zero-order chi connectivity index (χ0) is 18.3. The van der Waals surface area contributed by atoms with Crippen molar-refractivity contribution in [3.05, 3.63) is 84.2 Å². The summed E-state index contributed by atoms with van der Waals surface area (Å²) in [5.41, 5.74) is 3.98. The minimum Gasteiger partial charge on any atom is -0.305 e. The Labute approximate surface area is 157 Å². The van der Waals surface area contributed by atoms with Crippen molar-refractivity contribution >= 4 is 34.3 Å². The number of amides is 1. The van der Waals surface area contributed by atoms with Crippen LogP contribution >= 0.6 is 11.6 Å². The number of allylic oxidation sites excluding steroid dienone is 2. The highest BCUT2D eigenvalue weighted by molar-refractivity contribution is 6.30. The normalized spacial score (nSPS) is 13.6. The third-order valence-electron chi connectivity index (χ3n) is 4.60. The van der Waals surface area contributed by atoms with Crippen LogP contribution in [0.5, 0.6) is 0 Å². The lowest BCUT2D eigenvalue weighted by Crippen LogP contribution is -2.33. The minimum absolute atomic E-state index is 0.0197. The van der Waals surface area contributed by atoms with Gasteiger partial charge in [-0.05, 0) is 54.8 Å². The third kappa shape index (κ3) is 2.93. The van der Waals surface area contributed by atoms with Crippen LogP contribution in [0, 0.1) is 0 Å². The number of aromatic nitrogens is 2. The number of nitrogens with zero attached hydrogens (tertiary/aromatic N) is 3. The predicted molar refractivity (Wildman–Crippen MR) is 106 cm³/mol. The summed E-state index contributed by atoms with van der Waals surface area (Å²) >= 11 is 5.99. The van der Waals surface area contributed by atoms with Crippen molar-refractivity contribution in [1.82, 2.24) is 9.61 Å². The minimum atomic E-state index is -0.0197. The van der Waals surface area contributed by atoms with Crippen LogP contribution in [0.2, 0.25) is 5.02 Å². The van der Waals surface area contributed by atoms with E-state index in [9.17, 15) is 4.79 Å². The number of hydrogen-bond donors (Lipinski definition) is 0. The predicted octanol–water partition coefficient (Wildman–Crippen LogP) is 5.00. The van der Waals surface area contributed by atoms with Crippen molar-refractivity contribution in [1.29, 1.82) is 0 Å². The van der Waals surface area contributed by atoms with Crippen LogP contribution < -0.4 is 4.90 Å². The summed E-state index contributed by atoms with van der Waals surface area (Å²) in [6.07, 6.45) is 7.26. The van der Waals surface area contributed by atoms with Crippen LogP contribution in [0.3, 0.4) is 0 Å². The van der Waals surface area contributed by atoms with E-state index in [2.05, 4.69) is 18.3 Å². The number of carbonyl (C=O) groups is 1. The molecule has 1 fully saturated rings. The lowest BCUT2D eigenvalue weighted by Gasteiger charge is -2.23. The molecule has 1 amide bonds. The van der Waals surface area contributed by atoms with E-state index >= 15 is 0 Å². The Kier molecular flexibility index (Phi) is 4.13. The van der Waals surface area contributed by atoms with Gasteiger partial charge in [-0.2, -0.15) is 5.10 Å². The van der Waals surface area contributed by atoms with Gasteiger partial charge in [0.2, 0.25) is 0 Å². The first kappa shape index (κ1) is 16.6. The van der Waals surface area contributed by atoms with E-state index < -0.39 is 0 Å². The molecule has 0 unspecified atom stereocenters. The molecule has 130 valence electrons. The Morgan fingerprint density at radius 2 is 2.00 bits per heavy atom. The van der Waals surface area contributed by atoms with Gasteiger partial charge in [-0.1, -0.05) is 30.8 Å². The van der Waals surface area contributed by atoms with E-state index in [-0.39, 0.29) is 11.9 Å². The largest absolute Gasteiger partial charge is 0.305 e. The Morgan fingerprint density at radius 3 is 2.65 bits per heavy atom. The fraction of sp³-hybridized carbons (Fsp3) is 0.143. The number of rotatable bonds is 5. The van der Waals surface area contributed by atoms with E-state index in [1.165, 1.54) is 0 Å². The van der Waals surface area contributed by atoms with Crippen LogP contribution in [-0.2, 0) is 0 Å². The topological polar surface area (TPSA) is 37.6 Å². The quantitative estimate of drug-likeness (QED) is 0.598. The molecule has 3 aromatic rings. The van der Waals surface area contributed by atoms with E-state index in [1.54, 1.807) is 29.1 Å². The van der Waals surface area contributed by atoms with Crippen molar-refractivity contribution in [2.75, 3.05) is 4.90 Å². The summed E-state index contributed by atoms with van der Waals surface area (Å²) in [5, 5.41) is 4.97. The Hall–Kier alpha value is -2.85. The van der Waals surface area contributed by atoms with Crippen LogP contribution in [0.1, 0.15) is 28.8 Å². The summed E-state index contributed by atoms with van der Waals surface area (Å²) in [5.74, 6) is -0.0197. The number of fused-ring (bicyclic) bond motifs is 1. The first-order valence-corrected chi connectivity index (χ1v) is 8.84. The lowest BCUT2D eigenvalue weighted by atomic mass is 10.1. The molecule has 1 saturated carbocycles. The van der Waals surface area contributed by atoms with E-state index in [1.807, 2.05) is 35.2 Å². The molecule has 1 aliphatic carbocycles. The number of carbonyl (C=O) groups excluding carboxylic acids is 1. The number of pyridine rings is 1. The molecule has 1 aliphatic rings. The summed E-state index contributed by atoms with van der Waals surface area (Å²) in [6.45, 7) is 7.76. The molecule has 26 heavy (non-hydrogen) atoms. The molecule has 2 aromatic heterocycles. The average Bonchev–Trinajstić information content (AvgIpc) is 3.40. The molecule has 1 aromatic carbocycles. The standard InChI is InChI=1S/C21H18ClN3O/c1-3-14(2)19-13-23-24-11-10-15(12-20(19)24)21(26)25(18-8-9-18)17-6-4-16(22)5-7-17/h3-7,10-13,18H,1-2,8-9H2. The van der Waals surface area contributed by atoms with Crippen LogP contribution in [0.4, 0.5) is 5.69 Å². The molecule has 0 aliphatic heterocycles. The molecule has 2 heterocycles. The molecule has 0 radical (unpaired) electrons. The molecule has 0 bridgehead atoms. The summed E-state index contributed by atoms with van der Waals surface area (Å²) < 4.78 is 1.74. The third-order valence-corrected chi connectivity index (χ3v) is 4.85. The molecular weight excluding hydrogens is 346 g/mol. The zero-order valence-corrected chi connectivity index (χ0v) is 15.0. The molecule has 0 saturated heterocycles. The summed E-state index contributed by atoms with van der Waals surface area (Å²) in [7, 11) is 0. The van der Waals surface area contributed by atoms with Crippen LogP contribution in [0.15, 0.2) is 68.0 Å². The van der Waals surface area contributed by atoms with Gasteiger partial charge in [-0.3, -0.25) is 4.79 Å². The van der Waals surface area contributed by atoms with E-state index in [0.29, 0.717) is 10.6 Å². The fourth-order valence-corrected chi connectivity index (χ4v) is 3.16. The van der Waals surface area contributed by atoms with E-state index in [4.69, 9.17) is 11.6 Å². The number of hydrogen-bond acceptors (Lipinski definition) is 2.